The Hall–Kier alpha value is -1.01. The van der Waals surface area contributed by atoms with Gasteiger partial charge in [0.2, 0.25) is 5.91 Å². The van der Waals surface area contributed by atoms with Gasteiger partial charge in [-0.25, -0.2) is 0 Å². The lowest BCUT2D eigenvalue weighted by Crippen LogP contribution is -2.29. The van der Waals surface area contributed by atoms with Gasteiger partial charge in [0.1, 0.15) is 0 Å². The quantitative estimate of drug-likeness (QED) is 0.489. The molecular weight excluding hydrogens is 188 g/mol. The lowest BCUT2D eigenvalue weighted by molar-refractivity contribution is -0.122. The van der Waals surface area contributed by atoms with Crippen molar-refractivity contribution in [2.24, 2.45) is 17.6 Å². The second kappa shape index (κ2) is 8.31. The molecule has 0 aromatic rings. The summed E-state index contributed by atoms with van der Waals surface area (Å²) in [5.41, 5.74) is 5.61. The second-order valence-corrected chi connectivity index (χ2v) is 4.24. The minimum Gasteiger partial charge on any atom is -0.355 e. The van der Waals surface area contributed by atoms with Crippen molar-refractivity contribution in [1.29, 1.82) is 0 Å². The monoisotopic (exact) mass is 210 g/mol. The third-order valence-corrected chi connectivity index (χ3v) is 2.20. The molecule has 3 N–H and O–H groups in total. The molecule has 0 spiro atoms. The molecule has 86 valence electrons. The average molecular weight is 210 g/mol. The number of terminal acetylenes is 1. The van der Waals surface area contributed by atoms with Crippen LogP contribution in [0, 0.1) is 24.2 Å². The van der Waals surface area contributed by atoms with E-state index >= 15 is 0 Å². The van der Waals surface area contributed by atoms with Crippen molar-refractivity contribution >= 4 is 5.91 Å². The van der Waals surface area contributed by atoms with Gasteiger partial charge in [0.15, 0.2) is 0 Å². The minimum atomic E-state index is 0.0568. The van der Waals surface area contributed by atoms with Gasteiger partial charge in [-0.3, -0.25) is 4.79 Å². The van der Waals surface area contributed by atoms with Gasteiger partial charge in [0, 0.05) is 19.4 Å². The number of nitrogens with one attached hydrogen (secondary N) is 1. The molecule has 15 heavy (non-hydrogen) atoms. The molecular formula is C12H22N2O. The van der Waals surface area contributed by atoms with Crippen LogP contribution in [0.4, 0.5) is 0 Å². The van der Waals surface area contributed by atoms with Crippen molar-refractivity contribution in [2.45, 2.75) is 33.1 Å². The van der Waals surface area contributed by atoms with Gasteiger partial charge in [0.25, 0.3) is 0 Å². The number of hydrogen-bond donors (Lipinski definition) is 2. The summed E-state index contributed by atoms with van der Waals surface area (Å²) in [5, 5.41) is 2.78. The lowest BCUT2D eigenvalue weighted by Gasteiger charge is -2.16. The van der Waals surface area contributed by atoms with Crippen LogP contribution in [-0.4, -0.2) is 19.0 Å². The topological polar surface area (TPSA) is 55.1 Å². The molecule has 1 unspecified atom stereocenters. The highest BCUT2D eigenvalue weighted by atomic mass is 16.1. The standard InChI is InChI=1S/C12H22N2O/c1-4-5-6-14-12(15)8-11(9-13)7-10(2)3/h1,10-11H,5-9,13H2,2-3H3,(H,14,15). The van der Waals surface area contributed by atoms with E-state index in [1.54, 1.807) is 0 Å². The normalized spacial score (nSPS) is 12.2. The van der Waals surface area contributed by atoms with Gasteiger partial charge in [-0.1, -0.05) is 13.8 Å². The molecule has 0 aromatic carbocycles. The molecule has 0 saturated carbocycles. The zero-order chi connectivity index (χ0) is 11.7. The first-order valence-corrected chi connectivity index (χ1v) is 5.50. The highest BCUT2D eigenvalue weighted by molar-refractivity contribution is 5.76. The second-order valence-electron chi connectivity index (χ2n) is 4.24. The van der Waals surface area contributed by atoms with E-state index in [-0.39, 0.29) is 11.8 Å². The Labute approximate surface area is 92.8 Å². The molecule has 0 saturated heterocycles. The molecule has 0 aromatic heterocycles. The van der Waals surface area contributed by atoms with Crippen LogP contribution in [-0.2, 0) is 4.79 Å². The SMILES string of the molecule is C#CCCNC(=O)CC(CN)CC(C)C. The summed E-state index contributed by atoms with van der Waals surface area (Å²) in [6.45, 7) is 5.41. The van der Waals surface area contributed by atoms with E-state index < -0.39 is 0 Å². The number of amides is 1. The van der Waals surface area contributed by atoms with Gasteiger partial charge < -0.3 is 11.1 Å². The van der Waals surface area contributed by atoms with E-state index in [9.17, 15) is 4.79 Å². The highest BCUT2D eigenvalue weighted by Crippen LogP contribution is 2.13. The molecule has 0 heterocycles. The van der Waals surface area contributed by atoms with Crippen molar-refractivity contribution < 1.29 is 4.79 Å². The molecule has 0 rings (SSSR count). The first kappa shape index (κ1) is 14.0. The van der Waals surface area contributed by atoms with Crippen molar-refractivity contribution in [3.8, 4) is 12.3 Å². The molecule has 0 radical (unpaired) electrons. The summed E-state index contributed by atoms with van der Waals surface area (Å²) < 4.78 is 0. The van der Waals surface area contributed by atoms with Crippen LogP contribution in [0.3, 0.4) is 0 Å². The summed E-state index contributed by atoms with van der Waals surface area (Å²) >= 11 is 0. The lowest BCUT2D eigenvalue weighted by atomic mass is 9.94. The van der Waals surface area contributed by atoms with Crippen LogP contribution in [0.2, 0.25) is 0 Å². The van der Waals surface area contributed by atoms with Crippen LogP contribution in [0.1, 0.15) is 33.1 Å². The number of carbonyl (C=O) groups excluding carboxylic acids is 1. The van der Waals surface area contributed by atoms with Crippen LogP contribution in [0.15, 0.2) is 0 Å². The summed E-state index contributed by atoms with van der Waals surface area (Å²) in [6.07, 6.45) is 7.19. The Balaban J connectivity index is 3.76. The fourth-order valence-corrected chi connectivity index (χ4v) is 1.54. The molecule has 3 heteroatoms. The van der Waals surface area contributed by atoms with Crippen molar-refractivity contribution in [1.82, 2.24) is 5.32 Å². The number of rotatable bonds is 7. The predicted molar refractivity (Wildman–Crippen MR) is 63.1 cm³/mol. The molecule has 0 aliphatic heterocycles. The molecule has 1 atom stereocenters. The maximum absolute atomic E-state index is 11.4. The van der Waals surface area contributed by atoms with E-state index in [1.807, 2.05) is 0 Å². The molecule has 0 aliphatic carbocycles. The third kappa shape index (κ3) is 8.02. The largest absolute Gasteiger partial charge is 0.355 e. The molecule has 0 fully saturated rings. The van der Waals surface area contributed by atoms with Crippen LogP contribution < -0.4 is 11.1 Å². The van der Waals surface area contributed by atoms with Crippen LogP contribution in [0.5, 0.6) is 0 Å². The average Bonchev–Trinajstić information content (AvgIpc) is 2.16. The molecule has 1 amide bonds. The van der Waals surface area contributed by atoms with Crippen molar-refractivity contribution in [2.75, 3.05) is 13.1 Å². The maximum atomic E-state index is 11.4. The summed E-state index contributed by atoms with van der Waals surface area (Å²) in [6, 6.07) is 0. The zero-order valence-electron chi connectivity index (χ0n) is 9.75. The number of hydrogen-bond acceptors (Lipinski definition) is 2. The zero-order valence-corrected chi connectivity index (χ0v) is 9.75. The van der Waals surface area contributed by atoms with E-state index in [2.05, 4.69) is 25.1 Å². The van der Waals surface area contributed by atoms with Crippen molar-refractivity contribution in [3.05, 3.63) is 0 Å². The fraction of sp³-hybridized carbons (Fsp3) is 0.750. The van der Waals surface area contributed by atoms with Gasteiger partial charge in [-0.05, 0) is 24.8 Å². The number of nitrogens with two attached hydrogens (primary N) is 1. The molecule has 0 aliphatic rings. The van der Waals surface area contributed by atoms with Gasteiger partial charge >= 0.3 is 0 Å². The molecule has 3 nitrogen and oxygen atoms in total. The van der Waals surface area contributed by atoms with Crippen LogP contribution >= 0.6 is 0 Å². The predicted octanol–water partition coefficient (Wildman–Crippen LogP) is 1.14. The van der Waals surface area contributed by atoms with E-state index in [0.717, 1.165) is 6.42 Å². The summed E-state index contributed by atoms with van der Waals surface area (Å²) in [7, 11) is 0. The van der Waals surface area contributed by atoms with Crippen LogP contribution in [0.25, 0.3) is 0 Å². The Kier molecular flexibility index (Phi) is 7.75. The smallest absolute Gasteiger partial charge is 0.220 e. The highest BCUT2D eigenvalue weighted by Gasteiger charge is 2.13. The van der Waals surface area contributed by atoms with E-state index in [4.69, 9.17) is 12.2 Å². The Morgan fingerprint density at radius 3 is 2.67 bits per heavy atom. The Morgan fingerprint density at radius 1 is 1.53 bits per heavy atom. The summed E-state index contributed by atoms with van der Waals surface area (Å²) in [5.74, 6) is 3.41. The van der Waals surface area contributed by atoms with E-state index in [0.29, 0.717) is 31.8 Å². The van der Waals surface area contributed by atoms with Gasteiger partial charge in [-0.15, -0.1) is 12.3 Å². The van der Waals surface area contributed by atoms with E-state index in [1.165, 1.54) is 0 Å². The van der Waals surface area contributed by atoms with Crippen molar-refractivity contribution in [3.63, 3.8) is 0 Å². The third-order valence-electron chi connectivity index (χ3n) is 2.20. The van der Waals surface area contributed by atoms with Gasteiger partial charge in [0.05, 0.1) is 0 Å². The molecule has 0 bridgehead atoms. The fourth-order valence-electron chi connectivity index (χ4n) is 1.54. The minimum absolute atomic E-state index is 0.0568. The summed E-state index contributed by atoms with van der Waals surface area (Å²) in [4.78, 5) is 11.4. The first-order chi connectivity index (χ1) is 7.10. The number of carbonyl (C=O) groups is 1. The maximum Gasteiger partial charge on any atom is 0.220 e. The Bertz CT molecular complexity index is 218. The Morgan fingerprint density at radius 2 is 2.20 bits per heavy atom. The first-order valence-electron chi connectivity index (χ1n) is 5.50. The van der Waals surface area contributed by atoms with Gasteiger partial charge in [-0.2, -0.15) is 0 Å².